The Balaban J connectivity index is 2.05. The van der Waals surface area contributed by atoms with Crippen LogP contribution in [0.4, 0.5) is 5.69 Å². The van der Waals surface area contributed by atoms with Gasteiger partial charge in [-0.2, -0.15) is 0 Å². The van der Waals surface area contributed by atoms with Crippen LogP contribution in [0.3, 0.4) is 0 Å². The lowest BCUT2D eigenvalue weighted by molar-refractivity contribution is -0.133. The summed E-state index contributed by atoms with van der Waals surface area (Å²) in [6.45, 7) is 0. The maximum Gasteiger partial charge on any atom is 0.249 e. The van der Waals surface area contributed by atoms with Crippen molar-refractivity contribution in [2.45, 2.75) is 24.8 Å². The van der Waals surface area contributed by atoms with E-state index in [4.69, 9.17) is 11.6 Å². The molecule has 0 radical (unpaired) electrons. The minimum atomic E-state index is -0.389. The van der Waals surface area contributed by atoms with Crippen LogP contribution in [0.2, 0.25) is 0 Å². The Labute approximate surface area is 104 Å². The van der Waals surface area contributed by atoms with Crippen LogP contribution in [0.1, 0.15) is 18.4 Å². The standard InChI is InChI=1S/C11H12ClN3O2/c12-4-7-3-8(6-13-5-7)14-9-1-2-10(16)15-11(9)17/h3,5-6,9,14H,1-2,4H2,(H,15,16,17). The first kappa shape index (κ1) is 11.9. The number of halogens is 1. The quantitative estimate of drug-likeness (QED) is 0.624. The molecule has 1 aromatic heterocycles. The number of carbonyl (C=O) groups is 2. The largest absolute Gasteiger partial charge is 0.372 e. The molecular formula is C11H12ClN3O2. The molecule has 1 aliphatic rings. The number of piperidine rings is 1. The van der Waals surface area contributed by atoms with Gasteiger partial charge >= 0.3 is 0 Å². The first-order valence-electron chi connectivity index (χ1n) is 5.29. The number of anilines is 1. The number of hydrogen-bond donors (Lipinski definition) is 2. The molecule has 0 bridgehead atoms. The van der Waals surface area contributed by atoms with Crippen LogP contribution in [0.25, 0.3) is 0 Å². The second kappa shape index (κ2) is 5.14. The molecule has 1 fully saturated rings. The zero-order valence-electron chi connectivity index (χ0n) is 9.07. The van der Waals surface area contributed by atoms with Gasteiger partial charge in [-0.05, 0) is 18.1 Å². The third-order valence-corrected chi connectivity index (χ3v) is 2.84. The highest BCUT2D eigenvalue weighted by Crippen LogP contribution is 2.15. The van der Waals surface area contributed by atoms with Gasteiger partial charge in [0, 0.05) is 24.7 Å². The fourth-order valence-electron chi connectivity index (χ4n) is 1.67. The Kier molecular flexibility index (Phi) is 3.58. The van der Waals surface area contributed by atoms with E-state index in [0.717, 1.165) is 11.3 Å². The number of nitrogens with one attached hydrogen (secondary N) is 2. The molecule has 2 heterocycles. The summed E-state index contributed by atoms with van der Waals surface area (Å²) in [6, 6.07) is 1.45. The minimum absolute atomic E-state index is 0.222. The molecule has 0 aromatic carbocycles. The molecule has 1 aliphatic heterocycles. The Hall–Kier alpha value is -1.62. The Morgan fingerprint density at radius 1 is 1.47 bits per heavy atom. The van der Waals surface area contributed by atoms with E-state index in [2.05, 4.69) is 15.6 Å². The first-order valence-corrected chi connectivity index (χ1v) is 5.82. The van der Waals surface area contributed by atoms with Gasteiger partial charge in [-0.1, -0.05) is 0 Å². The van der Waals surface area contributed by atoms with Crippen LogP contribution in [-0.4, -0.2) is 22.8 Å². The van der Waals surface area contributed by atoms with Crippen molar-refractivity contribution in [2.24, 2.45) is 0 Å². The summed E-state index contributed by atoms with van der Waals surface area (Å²) in [4.78, 5) is 26.5. The predicted molar refractivity (Wildman–Crippen MR) is 63.6 cm³/mol. The van der Waals surface area contributed by atoms with Crippen molar-refractivity contribution in [1.82, 2.24) is 10.3 Å². The third kappa shape index (κ3) is 2.94. The van der Waals surface area contributed by atoms with Crippen molar-refractivity contribution in [3.05, 3.63) is 24.0 Å². The molecule has 90 valence electrons. The summed E-state index contributed by atoms with van der Waals surface area (Å²) < 4.78 is 0. The van der Waals surface area contributed by atoms with E-state index in [1.807, 2.05) is 6.07 Å². The molecular weight excluding hydrogens is 242 g/mol. The number of rotatable bonds is 3. The van der Waals surface area contributed by atoms with Crippen molar-refractivity contribution in [2.75, 3.05) is 5.32 Å². The highest BCUT2D eigenvalue weighted by atomic mass is 35.5. The molecule has 17 heavy (non-hydrogen) atoms. The van der Waals surface area contributed by atoms with E-state index in [1.54, 1.807) is 12.4 Å². The van der Waals surface area contributed by atoms with E-state index in [0.29, 0.717) is 18.7 Å². The van der Waals surface area contributed by atoms with Crippen LogP contribution in [0.5, 0.6) is 0 Å². The van der Waals surface area contributed by atoms with Gasteiger partial charge in [0.05, 0.1) is 5.69 Å². The number of hydrogen-bond acceptors (Lipinski definition) is 4. The van der Waals surface area contributed by atoms with Gasteiger partial charge in [0.1, 0.15) is 6.04 Å². The summed E-state index contributed by atoms with van der Waals surface area (Å²) in [5, 5.41) is 5.33. The third-order valence-electron chi connectivity index (χ3n) is 2.53. The second-order valence-corrected chi connectivity index (χ2v) is 4.13. The Morgan fingerprint density at radius 2 is 2.29 bits per heavy atom. The van der Waals surface area contributed by atoms with E-state index in [1.165, 1.54) is 0 Å². The number of aromatic nitrogens is 1. The molecule has 1 saturated heterocycles. The zero-order valence-corrected chi connectivity index (χ0v) is 9.83. The SMILES string of the molecule is O=C1CCC(Nc2cncc(CCl)c2)C(=O)N1. The van der Waals surface area contributed by atoms with E-state index < -0.39 is 0 Å². The number of amides is 2. The maximum atomic E-state index is 11.5. The lowest BCUT2D eigenvalue weighted by atomic mass is 10.1. The van der Waals surface area contributed by atoms with Crippen molar-refractivity contribution < 1.29 is 9.59 Å². The zero-order chi connectivity index (χ0) is 12.3. The Morgan fingerprint density at radius 3 is 3.00 bits per heavy atom. The molecule has 2 amide bonds. The molecule has 2 N–H and O–H groups in total. The van der Waals surface area contributed by atoms with Gasteiger partial charge in [0.25, 0.3) is 0 Å². The summed E-state index contributed by atoms with van der Waals surface area (Å²) in [7, 11) is 0. The van der Waals surface area contributed by atoms with Gasteiger partial charge in [-0.25, -0.2) is 0 Å². The van der Waals surface area contributed by atoms with Gasteiger partial charge in [0.2, 0.25) is 11.8 Å². The molecule has 0 aliphatic carbocycles. The maximum absolute atomic E-state index is 11.5. The predicted octanol–water partition coefficient (Wildman–Crippen LogP) is 1.04. The number of nitrogens with zero attached hydrogens (tertiary/aromatic N) is 1. The highest BCUT2D eigenvalue weighted by molar-refractivity contribution is 6.17. The molecule has 0 saturated carbocycles. The lowest BCUT2D eigenvalue weighted by Gasteiger charge is -2.22. The minimum Gasteiger partial charge on any atom is -0.372 e. The molecule has 5 nitrogen and oxygen atoms in total. The molecule has 1 atom stereocenters. The fourth-order valence-corrected chi connectivity index (χ4v) is 1.82. The number of alkyl halides is 1. The highest BCUT2D eigenvalue weighted by Gasteiger charge is 2.26. The molecule has 2 rings (SSSR count). The molecule has 6 heteroatoms. The van der Waals surface area contributed by atoms with Crippen molar-refractivity contribution in [3.63, 3.8) is 0 Å². The summed E-state index contributed by atoms with van der Waals surface area (Å²) >= 11 is 5.70. The van der Waals surface area contributed by atoms with Gasteiger partial charge in [0.15, 0.2) is 0 Å². The lowest BCUT2D eigenvalue weighted by Crippen LogP contribution is -2.47. The van der Waals surface area contributed by atoms with Gasteiger partial charge in [-0.3, -0.25) is 19.9 Å². The first-order chi connectivity index (χ1) is 8.19. The van der Waals surface area contributed by atoms with Gasteiger partial charge < -0.3 is 5.32 Å². The van der Waals surface area contributed by atoms with E-state index in [9.17, 15) is 9.59 Å². The van der Waals surface area contributed by atoms with Crippen molar-refractivity contribution in [3.8, 4) is 0 Å². The molecule has 1 aromatic rings. The van der Waals surface area contributed by atoms with E-state index in [-0.39, 0.29) is 17.9 Å². The van der Waals surface area contributed by atoms with E-state index >= 15 is 0 Å². The van der Waals surface area contributed by atoms with Crippen LogP contribution in [0, 0.1) is 0 Å². The van der Waals surface area contributed by atoms with Crippen LogP contribution >= 0.6 is 11.6 Å². The Bertz CT molecular complexity index is 450. The summed E-state index contributed by atoms with van der Waals surface area (Å²) in [5.41, 5.74) is 1.61. The normalized spacial score (nSPS) is 19.9. The monoisotopic (exact) mass is 253 g/mol. The van der Waals surface area contributed by atoms with Crippen molar-refractivity contribution >= 4 is 29.1 Å². The topological polar surface area (TPSA) is 71.1 Å². The summed E-state index contributed by atoms with van der Waals surface area (Å²) in [5.74, 6) is -0.143. The number of carbonyl (C=O) groups excluding carboxylic acids is 2. The summed E-state index contributed by atoms with van der Waals surface area (Å²) in [6.07, 6.45) is 4.14. The second-order valence-electron chi connectivity index (χ2n) is 3.86. The number of pyridine rings is 1. The average molecular weight is 254 g/mol. The van der Waals surface area contributed by atoms with Gasteiger partial charge in [-0.15, -0.1) is 11.6 Å². The molecule has 1 unspecified atom stereocenters. The van der Waals surface area contributed by atoms with Crippen molar-refractivity contribution in [1.29, 1.82) is 0 Å². The smallest absolute Gasteiger partial charge is 0.249 e. The van der Waals surface area contributed by atoms with Crippen LogP contribution < -0.4 is 10.6 Å². The average Bonchev–Trinajstić information content (AvgIpc) is 2.33. The van der Waals surface area contributed by atoms with Crippen LogP contribution in [0.15, 0.2) is 18.5 Å². The molecule has 0 spiro atoms. The number of imide groups is 1. The van der Waals surface area contributed by atoms with Crippen LogP contribution in [-0.2, 0) is 15.5 Å². The fraction of sp³-hybridized carbons (Fsp3) is 0.364.